The number of aromatic nitrogens is 1. The van der Waals surface area contributed by atoms with Gasteiger partial charge in [-0.2, -0.15) is 0 Å². The van der Waals surface area contributed by atoms with Gasteiger partial charge in [0.05, 0.1) is 12.6 Å². The standard InChI is InChI=1S/C13H18N2O3/c1-9(2)15(18)7-5-11(13(16)17)12(15)10-4-3-6-14-8-10/h3-4,6,8-9,11-12H,5,7H2,1-2H3,(H,16,17). The Morgan fingerprint density at radius 3 is 2.83 bits per heavy atom. The lowest BCUT2D eigenvalue weighted by Gasteiger charge is -2.48. The Kier molecular flexibility index (Phi) is 3.36. The molecule has 1 aromatic heterocycles. The van der Waals surface area contributed by atoms with Gasteiger partial charge in [0.1, 0.15) is 12.0 Å². The van der Waals surface area contributed by atoms with Gasteiger partial charge in [0, 0.05) is 24.4 Å². The zero-order valence-electron chi connectivity index (χ0n) is 10.6. The molecule has 1 aliphatic rings. The highest BCUT2D eigenvalue weighted by Gasteiger charge is 2.48. The molecule has 0 saturated carbocycles. The highest BCUT2D eigenvalue weighted by molar-refractivity contribution is 5.71. The van der Waals surface area contributed by atoms with Crippen molar-refractivity contribution in [1.29, 1.82) is 0 Å². The largest absolute Gasteiger partial charge is 0.632 e. The van der Waals surface area contributed by atoms with Crippen LogP contribution in [0.5, 0.6) is 0 Å². The smallest absolute Gasteiger partial charge is 0.313 e. The molecule has 98 valence electrons. The number of rotatable bonds is 3. The molecule has 5 heteroatoms. The lowest BCUT2D eigenvalue weighted by atomic mass is 9.94. The molecule has 1 aromatic rings. The molecule has 3 unspecified atom stereocenters. The molecule has 0 bridgehead atoms. The van der Waals surface area contributed by atoms with E-state index in [2.05, 4.69) is 4.98 Å². The van der Waals surface area contributed by atoms with E-state index in [4.69, 9.17) is 0 Å². The van der Waals surface area contributed by atoms with Gasteiger partial charge in [-0.15, -0.1) is 0 Å². The number of carbonyl (C=O) groups is 1. The molecule has 1 fully saturated rings. The quantitative estimate of drug-likeness (QED) is 0.657. The first-order chi connectivity index (χ1) is 8.47. The summed E-state index contributed by atoms with van der Waals surface area (Å²) >= 11 is 0. The minimum absolute atomic E-state index is 0.153. The topological polar surface area (TPSA) is 73.2 Å². The Morgan fingerprint density at radius 1 is 1.61 bits per heavy atom. The van der Waals surface area contributed by atoms with Crippen LogP contribution in [0.4, 0.5) is 0 Å². The Hall–Kier alpha value is -1.46. The van der Waals surface area contributed by atoms with Crippen LogP contribution >= 0.6 is 0 Å². The molecule has 1 aliphatic heterocycles. The van der Waals surface area contributed by atoms with Gasteiger partial charge in [0.15, 0.2) is 0 Å². The van der Waals surface area contributed by atoms with Crippen LogP contribution in [0.15, 0.2) is 24.5 Å². The molecular formula is C13H18N2O3. The average Bonchev–Trinajstić information content (AvgIpc) is 2.70. The van der Waals surface area contributed by atoms with Crippen molar-refractivity contribution in [3.8, 4) is 0 Å². The van der Waals surface area contributed by atoms with Crippen LogP contribution in [-0.4, -0.2) is 33.3 Å². The average molecular weight is 250 g/mol. The van der Waals surface area contributed by atoms with E-state index < -0.39 is 22.6 Å². The minimum Gasteiger partial charge on any atom is -0.632 e. The summed E-state index contributed by atoms with van der Waals surface area (Å²) in [7, 11) is 0. The van der Waals surface area contributed by atoms with Gasteiger partial charge in [0.2, 0.25) is 0 Å². The Balaban J connectivity index is 2.44. The fourth-order valence-electron chi connectivity index (χ4n) is 2.82. The Morgan fingerprint density at radius 2 is 2.33 bits per heavy atom. The summed E-state index contributed by atoms with van der Waals surface area (Å²) < 4.78 is -0.470. The molecule has 1 saturated heterocycles. The third-order valence-electron chi connectivity index (χ3n) is 3.86. The van der Waals surface area contributed by atoms with Crippen molar-refractivity contribution in [2.45, 2.75) is 32.4 Å². The minimum atomic E-state index is -0.889. The van der Waals surface area contributed by atoms with E-state index in [1.165, 1.54) is 0 Å². The third kappa shape index (κ3) is 2.00. The van der Waals surface area contributed by atoms with E-state index in [0.717, 1.165) is 5.56 Å². The SMILES string of the molecule is CC(C)[N+]1([O-])CCC(C(=O)O)C1c1cccnc1. The van der Waals surface area contributed by atoms with Gasteiger partial charge in [-0.3, -0.25) is 9.78 Å². The summed E-state index contributed by atoms with van der Waals surface area (Å²) in [5.41, 5.74) is 0.728. The lowest BCUT2D eigenvalue weighted by Crippen LogP contribution is -2.48. The van der Waals surface area contributed by atoms with Crippen molar-refractivity contribution in [2.24, 2.45) is 5.92 Å². The second-order valence-corrected chi connectivity index (χ2v) is 5.14. The summed E-state index contributed by atoms with van der Waals surface area (Å²) in [6, 6.07) is 2.85. The molecule has 0 spiro atoms. The van der Waals surface area contributed by atoms with Crippen molar-refractivity contribution in [3.05, 3.63) is 35.3 Å². The predicted molar refractivity (Wildman–Crippen MR) is 66.4 cm³/mol. The van der Waals surface area contributed by atoms with Crippen LogP contribution in [0, 0.1) is 11.1 Å². The number of nitrogens with zero attached hydrogens (tertiary/aromatic N) is 2. The maximum Gasteiger partial charge on any atom is 0.313 e. The normalized spacial score (nSPS) is 31.8. The van der Waals surface area contributed by atoms with E-state index in [-0.39, 0.29) is 6.04 Å². The van der Waals surface area contributed by atoms with E-state index in [0.29, 0.717) is 13.0 Å². The molecule has 3 atom stereocenters. The number of carboxylic acid groups (broad SMARTS) is 1. The fraction of sp³-hybridized carbons (Fsp3) is 0.538. The summed E-state index contributed by atoms with van der Waals surface area (Å²) in [6.07, 6.45) is 3.67. The predicted octanol–water partition coefficient (Wildman–Crippen LogP) is 1.95. The highest BCUT2D eigenvalue weighted by atomic mass is 16.6. The molecule has 2 rings (SSSR count). The van der Waals surface area contributed by atoms with E-state index >= 15 is 0 Å². The maximum absolute atomic E-state index is 12.9. The van der Waals surface area contributed by atoms with Crippen LogP contribution in [0.25, 0.3) is 0 Å². The maximum atomic E-state index is 12.9. The van der Waals surface area contributed by atoms with Gasteiger partial charge in [-0.05, 0) is 26.0 Å². The van der Waals surface area contributed by atoms with Crippen molar-refractivity contribution < 1.29 is 14.5 Å². The number of hydrogen-bond acceptors (Lipinski definition) is 3. The third-order valence-corrected chi connectivity index (χ3v) is 3.86. The second-order valence-electron chi connectivity index (χ2n) is 5.14. The van der Waals surface area contributed by atoms with Gasteiger partial charge in [-0.25, -0.2) is 0 Å². The zero-order valence-corrected chi connectivity index (χ0v) is 10.6. The molecule has 1 N–H and O–H groups in total. The molecular weight excluding hydrogens is 232 g/mol. The van der Waals surface area contributed by atoms with Crippen molar-refractivity contribution in [1.82, 2.24) is 4.98 Å². The summed E-state index contributed by atoms with van der Waals surface area (Å²) in [5.74, 6) is -1.51. The van der Waals surface area contributed by atoms with Crippen LogP contribution in [0.1, 0.15) is 31.9 Å². The summed E-state index contributed by atoms with van der Waals surface area (Å²) in [6.45, 7) is 4.05. The summed E-state index contributed by atoms with van der Waals surface area (Å²) in [5, 5.41) is 22.2. The van der Waals surface area contributed by atoms with Crippen molar-refractivity contribution in [3.63, 3.8) is 0 Å². The van der Waals surface area contributed by atoms with Gasteiger partial charge in [0.25, 0.3) is 0 Å². The molecule has 0 radical (unpaired) electrons. The first kappa shape index (κ1) is 13.0. The first-order valence-corrected chi connectivity index (χ1v) is 6.18. The first-order valence-electron chi connectivity index (χ1n) is 6.18. The van der Waals surface area contributed by atoms with Crippen LogP contribution < -0.4 is 0 Å². The number of likely N-dealkylation sites (tertiary alicyclic amines) is 1. The summed E-state index contributed by atoms with van der Waals surface area (Å²) in [4.78, 5) is 15.3. The number of pyridine rings is 1. The number of aliphatic carboxylic acids is 1. The van der Waals surface area contributed by atoms with Gasteiger partial charge >= 0.3 is 5.97 Å². The Labute approximate surface area is 106 Å². The van der Waals surface area contributed by atoms with E-state index in [1.807, 2.05) is 13.8 Å². The zero-order chi connectivity index (χ0) is 13.3. The van der Waals surface area contributed by atoms with Crippen LogP contribution in [-0.2, 0) is 4.79 Å². The van der Waals surface area contributed by atoms with Crippen molar-refractivity contribution >= 4 is 5.97 Å². The van der Waals surface area contributed by atoms with Crippen LogP contribution in [0.2, 0.25) is 0 Å². The number of hydrogen-bond donors (Lipinski definition) is 1. The monoisotopic (exact) mass is 250 g/mol. The van der Waals surface area contributed by atoms with Crippen LogP contribution in [0.3, 0.4) is 0 Å². The molecule has 0 aliphatic carbocycles. The Bertz CT molecular complexity index is 435. The molecule has 2 heterocycles. The highest BCUT2D eigenvalue weighted by Crippen LogP contribution is 2.44. The molecule has 0 amide bonds. The second kappa shape index (κ2) is 4.66. The molecule has 5 nitrogen and oxygen atoms in total. The molecule has 0 aromatic carbocycles. The van der Waals surface area contributed by atoms with Crippen molar-refractivity contribution in [2.75, 3.05) is 6.54 Å². The van der Waals surface area contributed by atoms with E-state index in [9.17, 15) is 15.1 Å². The van der Waals surface area contributed by atoms with E-state index in [1.54, 1.807) is 24.5 Å². The number of quaternary nitrogens is 1. The fourth-order valence-corrected chi connectivity index (χ4v) is 2.82. The number of hydroxylamine groups is 3. The van der Waals surface area contributed by atoms with Gasteiger partial charge in [-0.1, -0.05) is 0 Å². The number of carboxylic acids is 1. The van der Waals surface area contributed by atoms with Gasteiger partial charge < -0.3 is 15.0 Å². The lowest BCUT2D eigenvalue weighted by molar-refractivity contribution is -0.920. The molecule has 18 heavy (non-hydrogen) atoms.